The van der Waals surface area contributed by atoms with Crippen LogP contribution in [0, 0.1) is 17.1 Å². The third kappa shape index (κ3) is 4.19. The molecule has 0 radical (unpaired) electrons. The van der Waals surface area contributed by atoms with Crippen molar-refractivity contribution in [2.75, 3.05) is 31.7 Å². The van der Waals surface area contributed by atoms with E-state index in [1.165, 1.54) is 6.07 Å². The highest BCUT2D eigenvalue weighted by Crippen LogP contribution is 2.29. The van der Waals surface area contributed by atoms with Crippen LogP contribution in [0.4, 0.5) is 10.1 Å². The molecule has 0 bridgehead atoms. The number of halogens is 1. The molecule has 1 rings (SSSR count). The van der Waals surface area contributed by atoms with E-state index in [1.54, 1.807) is 31.1 Å². The highest BCUT2D eigenvalue weighted by Gasteiger charge is 2.18. The van der Waals surface area contributed by atoms with Crippen LogP contribution in [0.1, 0.15) is 25.0 Å². The average Bonchev–Trinajstić information content (AvgIpc) is 2.39. The number of nitrogens with zero attached hydrogens (tertiary/aromatic N) is 2. The molecular weight excluding hydrogens is 247 g/mol. The van der Waals surface area contributed by atoms with Gasteiger partial charge in [-0.2, -0.15) is 5.26 Å². The highest BCUT2D eigenvalue weighted by molar-refractivity contribution is 5.56. The quantitative estimate of drug-likeness (QED) is 0.822. The van der Waals surface area contributed by atoms with Gasteiger partial charge in [0.15, 0.2) is 0 Å². The van der Waals surface area contributed by atoms with Crippen LogP contribution in [-0.2, 0) is 4.74 Å². The van der Waals surface area contributed by atoms with Gasteiger partial charge in [-0.1, -0.05) is 12.1 Å². The summed E-state index contributed by atoms with van der Waals surface area (Å²) in [7, 11) is 1.57. The molecule has 4 nitrogen and oxygen atoms in total. The van der Waals surface area contributed by atoms with Gasteiger partial charge in [0, 0.05) is 25.8 Å². The van der Waals surface area contributed by atoms with Gasteiger partial charge in [0.05, 0.1) is 30.9 Å². The number of ether oxygens (including phenoxy) is 1. The molecule has 1 atom stereocenters. The van der Waals surface area contributed by atoms with Gasteiger partial charge >= 0.3 is 0 Å². The van der Waals surface area contributed by atoms with E-state index in [4.69, 9.17) is 10.00 Å². The van der Waals surface area contributed by atoms with Crippen molar-refractivity contribution in [2.24, 2.45) is 0 Å². The van der Waals surface area contributed by atoms with Crippen LogP contribution >= 0.6 is 0 Å². The second-order valence-corrected chi connectivity index (χ2v) is 4.24. The van der Waals surface area contributed by atoms with Gasteiger partial charge in [0.1, 0.15) is 5.82 Å². The zero-order valence-electron chi connectivity index (χ0n) is 11.3. The topological polar surface area (TPSA) is 56.5 Å². The normalized spacial score (nSPS) is 11.9. The van der Waals surface area contributed by atoms with Gasteiger partial charge < -0.3 is 14.7 Å². The van der Waals surface area contributed by atoms with Crippen molar-refractivity contribution in [3.8, 4) is 6.07 Å². The Hall–Kier alpha value is -1.64. The Morgan fingerprint density at radius 2 is 2.21 bits per heavy atom. The molecule has 0 fully saturated rings. The average molecular weight is 266 g/mol. The van der Waals surface area contributed by atoms with Crippen molar-refractivity contribution >= 4 is 5.69 Å². The summed E-state index contributed by atoms with van der Waals surface area (Å²) in [6, 6.07) is 6.66. The predicted molar refractivity (Wildman–Crippen MR) is 71.4 cm³/mol. The monoisotopic (exact) mass is 266 g/mol. The highest BCUT2D eigenvalue weighted by atomic mass is 19.1. The summed E-state index contributed by atoms with van der Waals surface area (Å²) in [5.74, 6) is -0.396. The third-order valence-corrected chi connectivity index (χ3v) is 2.84. The smallest absolute Gasteiger partial charge is 0.146 e. The molecule has 0 saturated carbocycles. The standard InChI is InChI=1S/C14H19FN2O2/c1-11(18)12-5-3-6-13(15)14(12)17(8-4-7-16)9-10-19-2/h3,5-6,11,18H,4,8-10H2,1-2H3/t11-/m1/s1. The molecule has 0 aromatic heterocycles. The number of anilines is 1. The second kappa shape index (κ2) is 7.72. The van der Waals surface area contributed by atoms with E-state index >= 15 is 0 Å². The number of nitriles is 1. The van der Waals surface area contributed by atoms with Crippen molar-refractivity contribution in [3.05, 3.63) is 29.6 Å². The molecule has 0 aliphatic rings. The van der Waals surface area contributed by atoms with E-state index in [9.17, 15) is 9.50 Å². The first-order valence-corrected chi connectivity index (χ1v) is 6.19. The van der Waals surface area contributed by atoms with Crippen molar-refractivity contribution in [3.63, 3.8) is 0 Å². The Morgan fingerprint density at radius 1 is 1.47 bits per heavy atom. The summed E-state index contributed by atoms with van der Waals surface area (Å²) in [5, 5.41) is 18.4. The molecule has 1 aromatic rings. The minimum absolute atomic E-state index is 0.289. The summed E-state index contributed by atoms with van der Waals surface area (Å²) in [6.07, 6.45) is -0.477. The fourth-order valence-corrected chi connectivity index (χ4v) is 1.92. The molecule has 19 heavy (non-hydrogen) atoms. The summed E-state index contributed by atoms with van der Waals surface area (Å²) in [4.78, 5) is 1.74. The summed E-state index contributed by atoms with van der Waals surface area (Å²) in [5.41, 5.74) is 0.874. The van der Waals surface area contributed by atoms with Crippen molar-refractivity contribution < 1.29 is 14.2 Å². The molecule has 0 aliphatic heterocycles. The lowest BCUT2D eigenvalue weighted by molar-refractivity contribution is 0.196. The molecule has 1 N–H and O–H groups in total. The number of benzene rings is 1. The van der Waals surface area contributed by atoms with Crippen LogP contribution < -0.4 is 4.90 Å². The number of aliphatic hydroxyl groups is 1. The van der Waals surface area contributed by atoms with Crippen molar-refractivity contribution in [1.29, 1.82) is 5.26 Å². The maximum Gasteiger partial charge on any atom is 0.146 e. The van der Waals surface area contributed by atoms with Crippen molar-refractivity contribution in [1.82, 2.24) is 0 Å². The first kappa shape index (κ1) is 15.4. The first-order valence-electron chi connectivity index (χ1n) is 6.19. The Bertz CT molecular complexity index is 444. The number of hydrogen-bond donors (Lipinski definition) is 1. The van der Waals surface area contributed by atoms with E-state index in [2.05, 4.69) is 0 Å². The Morgan fingerprint density at radius 3 is 2.79 bits per heavy atom. The lowest BCUT2D eigenvalue weighted by Gasteiger charge is -2.27. The molecular formula is C14H19FN2O2. The number of hydrogen-bond acceptors (Lipinski definition) is 4. The van der Waals surface area contributed by atoms with E-state index in [0.29, 0.717) is 30.9 Å². The summed E-state index contributed by atoms with van der Waals surface area (Å²) >= 11 is 0. The van der Waals surface area contributed by atoms with Crippen molar-refractivity contribution in [2.45, 2.75) is 19.4 Å². The van der Waals surface area contributed by atoms with Crippen LogP contribution in [0.15, 0.2) is 18.2 Å². The Kier molecular flexibility index (Phi) is 6.26. The lowest BCUT2D eigenvalue weighted by Crippen LogP contribution is -2.30. The maximum absolute atomic E-state index is 14.0. The molecule has 0 saturated heterocycles. The van der Waals surface area contributed by atoms with Gasteiger partial charge in [-0.25, -0.2) is 4.39 Å². The summed E-state index contributed by atoms with van der Waals surface area (Å²) in [6.45, 7) is 2.90. The van der Waals surface area contributed by atoms with E-state index in [1.807, 2.05) is 6.07 Å². The first-order chi connectivity index (χ1) is 9.11. The van der Waals surface area contributed by atoms with Gasteiger partial charge in [-0.15, -0.1) is 0 Å². The molecule has 0 spiro atoms. The molecule has 0 heterocycles. The zero-order chi connectivity index (χ0) is 14.3. The van der Waals surface area contributed by atoms with E-state index in [-0.39, 0.29) is 6.42 Å². The van der Waals surface area contributed by atoms with Crippen LogP contribution in [0.3, 0.4) is 0 Å². The lowest BCUT2D eigenvalue weighted by atomic mass is 10.1. The van der Waals surface area contributed by atoms with Gasteiger partial charge in [0.2, 0.25) is 0 Å². The fourth-order valence-electron chi connectivity index (χ4n) is 1.92. The number of methoxy groups -OCH3 is 1. The Balaban J connectivity index is 3.09. The molecule has 0 aliphatic carbocycles. The van der Waals surface area contributed by atoms with Crippen LogP contribution in [0.5, 0.6) is 0 Å². The van der Waals surface area contributed by atoms with Gasteiger partial charge in [-0.05, 0) is 13.0 Å². The predicted octanol–water partition coefficient (Wildman–Crippen LogP) is 2.25. The van der Waals surface area contributed by atoms with E-state index in [0.717, 1.165) is 0 Å². The van der Waals surface area contributed by atoms with Gasteiger partial charge in [0.25, 0.3) is 0 Å². The second-order valence-electron chi connectivity index (χ2n) is 4.24. The summed E-state index contributed by atoms with van der Waals surface area (Å²) < 4.78 is 19.0. The molecule has 1 aromatic carbocycles. The third-order valence-electron chi connectivity index (χ3n) is 2.84. The SMILES string of the molecule is COCCN(CCC#N)c1c(F)cccc1[C@@H](C)O. The van der Waals surface area contributed by atoms with Gasteiger partial charge in [-0.3, -0.25) is 0 Å². The minimum Gasteiger partial charge on any atom is -0.389 e. The largest absolute Gasteiger partial charge is 0.389 e. The Labute approximate surface area is 113 Å². The molecule has 104 valence electrons. The molecule has 5 heteroatoms. The van der Waals surface area contributed by atoms with Crippen LogP contribution in [0.2, 0.25) is 0 Å². The van der Waals surface area contributed by atoms with Crippen LogP contribution in [-0.4, -0.2) is 31.9 Å². The van der Waals surface area contributed by atoms with Crippen LogP contribution in [0.25, 0.3) is 0 Å². The van der Waals surface area contributed by atoms with E-state index < -0.39 is 11.9 Å². The fraction of sp³-hybridized carbons (Fsp3) is 0.500. The number of rotatable bonds is 7. The minimum atomic E-state index is -0.766. The maximum atomic E-state index is 14.0. The molecule has 0 unspecified atom stereocenters. The number of para-hydroxylation sites is 1. The zero-order valence-corrected chi connectivity index (χ0v) is 11.3. The number of aliphatic hydroxyl groups excluding tert-OH is 1. The molecule has 0 amide bonds.